The molecule has 214 valence electrons. The second-order valence-corrected chi connectivity index (χ2v) is 12.5. The molecule has 0 fully saturated rings. The highest BCUT2D eigenvalue weighted by molar-refractivity contribution is 7.68. The third-order valence-electron chi connectivity index (χ3n) is 7.91. The molecule has 6 aromatic carbocycles. The van der Waals surface area contributed by atoms with Gasteiger partial charge in [-0.05, 0) is 46.5 Å². The Morgan fingerprint density at radius 3 is 1.58 bits per heavy atom. The minimum absolute atomic E-state index is 0.150. The second kappa shape index (κ2) is 11.5. The quantitative estimate of drug-likeness (QED) is 0.110. The molecule has 6 heteroatoms. The Labute approximate surface area is 260 Å². The van der Waals surface area contributed by atoms with Crippen LogP contribution in [0.5, 0.6) is 5.88 Å². The fraction of sp³-hybridized carbons (Fsp3) is 0. The Hall–Kier alpha value is -5.64. The highest BCUT2D eigenvalue weighted by Crippen LogP contribution is 2.39. The first-order valence-corrected chi connectivity index (χ1v) is 16.0. The van der Waals surface area contributed by atoms with Crippen molar-refractivity contribution >= 4 is 46.3 Å². The summed E-state index contributed by atoms with van der Waals surface area (Å²) in [5, 5.41) is 2.59. The van der Waals surface area contributed by atoms with Gasteiger partial charge in [-0.15, -0.1) is 0 Å². The molecule has 0 aliphatic rings. The van der Waals surface area contributed by atoms with Crippen LogP contribution in [0.2, 0.25) is 0 Å². The van der Waals surface area contributed by atoms with Crippen molar-refractivity contribution in [1.29, 1.82) is 0 Å². The smallest absolute Gasteiger partial charge is 0.266 e. The van der Waals surface area contributed by atoms with Crippen LogP contribution in [-0.4, -0.2) is 14.4 Å². The first kappa shape index (κ1) is 26.9. The molecule has 45 heavy (non-hydrogen) atoms. The summed E-state index contributed by atoms with van der Waals surface area (Å²) in [5.74, 6) is 0.321. The van der Waals surface area contributed by atoms with Gasteiger partial charge in [0.1, 0.15) is 0 Å². The molecular weight excluding hydrogens is 573 g/mol. The number of fused-ring (bicyclic) bond motifs is 4. The van der Waals surface area contributed by atoms with Crippen molar-refractivity contribution in [3.63, 3.8) is 0 Å². The van der Waals surface area contributed by atoms with E-state index in [1.165, 1.54) is 0 Å². The monoisotopic (exact) mass is 599 g/mol. The SMILES string of the molecule is O=c1c2ccccc2nc2c(OP(c3ccc(-c4ccccc4)cc3)c3ccc(-c4ccccc4)cc3)nc3ccccc3n12. The van der Waals surface area contributed by atoms with E-state index < -0.39 is 8.15 Å². The zero-order chi connectivity index (χ0) is 30.2. The maximum absolute atomic E-state index is 13.9. The Morgan fingerprint density at radius 2 is 0.978 bits per heavy atom. The van der Waals surface area contributed by atoms with E-state index in [1.807, 2.05) is 84.9 Å². The maximum atomic E-state index is 13.9. The van der Waals surface area contributed by atoms with Gasteiger partial charge in [0.15, 0.2) is 8.15 Å². The Morgan fingerprint density at radius 1 is 0.489 bits per heavy atom. The van der Waals surface area contributed by atoms with E-state index in [4.69, 9.17) is 14.5 Å². The molecule has 0 amide bonds. The number of hydrogen-bond donors (Lipinski definition) is 0. The van der Waals surface area contributed by atoms with Gasteiger partial charge >= 0.3 is 0 Å². The zero-order valence-corrected chi connectivity index (χ0v) is 25.0. The van der Waals surface area contributed by atoms with Crippen LogP contribution in [-0.2, 0) is 0 Å². The minimum atomic E-state index is -1.39. The topological polar surface area (TPSA) is 56.5 Å². The van der Waals surface area contributed by atoms with E-state index >= 15 is 0 Å². The second-order valence-electron chi connectivity index (χ2n) is 10.7. The summed E-state index contributed by atoms with van der Waals surface area (Å²) in [7, 11) is -1.39. The standard InChI is InChI=1S/C39H26N3O2P/c43-39-33-15-7-8-16-34(33)40-37-38(41-35-17-9-10-18-36(35)42(37)39)44-45(31-23-19-29(20-24-31)27-11-3-1-4-12-27)32-25-21-30(22-26-32)28-13-5-2-6-14-28/h1-26H. The van der Waals surface area contributed by atoms with Crippen LogP contribution in [0.4, 0.5) is 0 Å². The van der Waals surface area contributed by atoms with Crippen molar-refractivity contribution in [2.45, 2.75) is 0 Å². The van der Waals surface area contributed by atoms with Crippen molar-refractivity contribution in [1.82, 2.24) is 14.4 Å². The van der Waals surface area contributed by atoms with Crippen LogP contribution >= 0.6 is 8.15 Å². The molecule has 5 nitrogen and oxygen atoms in total. The van der Waals surface area contributed by atoms with Crippen LogP contribution in [0, 0.1) is 0 Å². The number of hydrogen-bond acceptors (Lipinski definition) is 4. The lowest BCUT2D eigenvalue weighted by molar-refractivity contribution is 0.605. The van der Waals surface area contributed by atoms with Gasteiger partial charge < -0.3 is 4.52 Å². The number of aromatic nitrogens is 3. The summed E-state index contributed by atoms with van der Waals surface area (Å²) in [6, 6.07) is 52.7. The Balaban J connectivity index is 1.30. The molecule has 0 saturated heterocycles. The molecule has 2 aromatic heterocycles. The van der Waals surface area contributed by atoms with Crippen LogP contribution in [0.15, 0.2) is 163 Å². The van der Waals surface area contributed by atoms with Crippen LogP contribution in [0.3, 0.4) is 0 Å². The molecule has 0 spiro atoms. The molecule has 8 rings (SSSR count). The van der Waals surface area contributed by atoms with E-state index in [0.717, 1.165) is 32.9 Å². The lowest BCUT2D eigenvalue weighted by atomic mass is 10.1. The van der Waals surface area contributed by atoms with E-state index in [9.17, 15) is 4.79 Å². The van der Waals surface area contributed by atoms with Gasteiger partial charge in [0, 0.05) is 10.6 Å². The lowest BCUT2D eigenvalue weighted by Gasteiger charge is -2.21. The van der Waals surface area contributed by atoms with E-state index in [0.29, 0.717) is 33.5 Å². The summed E-state index contributed by atoms with van der Waals surface area (Å²) < 4.78 is 8.56. The lowest BCUT2D eigenvalue weighted by Crippen LogP contribution is -2.20. The zero-order valence-electron chi connectivity index (χ0n) is 24.1. The highest BCUT2D eigenvalue weighted by atomic mass is 31.1. The van der Waals surface area contributed by atoms with E-state index in [1.54, 1.807) is 4.40 Å². The Bertz CT molecular complexity index is 2270. The fourth-order valence-corrected chi connectivity index (χ4v) is 7.29. The molecule has 0 N–H and O–H groups in total. The number of nitrogens with zero attached hydrogens (tertiary/aromatic N) is 3. The minimum Gasteiger partial charge on any atom is -0.444 e. The van der Waals surface area contributed by atoms with Gasteiger partial charge in [0.25, 0.3) is 11.4 Å². The van der Waals surface area contributed by atoms with Gasteiger partial charge in [-0.3, -0.25) is 9.20 Å². The third-order valence-corrected chi connectivity index (χ3v) is 9.80. The molecular formula is C39H26N3O2P. The first-order valence-electron chi connectivity index (χ1n) is 14.7. The van der Waals surface area contributed by atoms with E-state index in [-0.39, 0.29) is 5.56 Å². The molecule has 0 atom stereocenters. The molecule has 0 saturated carbocycles. The van der Waals surface area contributed by atoms with E-state index in [2.05, 4.69) is 72.8 Å². The Kier molecular flexibility index (Phi) is 6.86. The van der Waals surface area contributed by atoms with Gasteiger partial charge in [-0.25, -0.2) is 9.97 Å². The van der Waals surface area contributed by atoms with Crippen LogP contribution in [0.1, 0.15) is 0 Å². The molecule has 2 heterocycles. The molecule has 8 aromatic rings. The molecule has 0 aliphatic heterocycles. The largest absolute Gasteiger partial charge is 0.444 e. The summed E-state index contributed by atoms with van der Waals surface area (Å²) >= 11 is 0. The van der Waals surface area contributed by atoms with Crippen LogP contribution < -0.4 is 20.7 Å². The molecule has 0 aliphatic carbocycles. The first-order chi connectivity index (χ1) is 22.2. The van der Waals surface area contributed by atoms with Gasteiger partial charge in [-0.1, -0.05) is 133 Å². The molecule has 0 unspecified atom stereocenters. The number of rotatable bonds is 6. The number of benzene rings is 6. The molecule has 0 radical (unpaired) electrons. The van der Waals surface area contributed by atoms with Crippen molar-refractivity contribution < 1.29 is 4.52 Å². The highest BCUT2D eigenvalue weighted by Gasteiger charge is 2.23. The summed E-state index contributed by atoms with van der Waals surface area (Å²) in [4.78, 5) is 23.7. The summed E-state index contributed by atoms with van der Waals surface area (Å²) in [6.07, 6.45) is 0. The predicted molar refractivity (Wildman–Crippen MR) is 185 cm³/mol. The van der Waals surface area contributed by atoms with Gasteiger partial charge in [0.2, 0.25) is 5.65 Å². The normalized spacial score (nSPS) is 11.4. The summed E-state index contributed by atoms with van der Waals surface area (Å²) in [5.41, 5.74) is 6.76. The van der Waals surface area contributed by atoms with Crippen molar-refractivity contribution in [2.24, 2.45) is 0 Å². The average molecular weight is 600 g/mol. The number of para-hydroxylation sites is 3. The van der Waals surface area contributed by atoms with Gasteiger partial charge in [0.05, 0.1) is 21.9 Å². The van der Waals surface area contributed by atoms with Crippen molar-refractivity contribution in [2.75, 3.05) is 0 Å². The van der Waals surface area contributed by atoms with Crippen molar-refractivity contribution in [3.05, 3.63) is 168 Å². The average Bonchev–Trinajstić information content (AvgIpc) is 3.11. The maximum Gasteiger partial charge on any atom is 0.266 e. The fourth-order valence-electron chi connectivity index (χ4n) is 5.65. The van der Waals surface area contributed by atoms with Gasteiger partial charge in [-0.2, -0.15) is 0 Å². The third kappa shape index (κ3) is 5.04. The molecule has 0 bridgehead atoms. The van der Waals surface area contributed by atoms with Crippen LogP contribution in [0.25, 0.3) is 49.8 Å². The van der Waals surface area contributed by atoms with Crippen molar-refractivity contribution in [3.8, 4) is 28.1 Å². The summed E-state index contributed by atoms with van der Waals surface area (Å²) in [6.45, 7) is 0. The predicted octanol–water partition coefficient (Wildman–Crippen LogP) is 8.16.